The van der Waals surface area contributed by atoms with Crippen LogP contribution >= 0.6 is 11.3 Å². The molecular weight excluding hydrogens is 260 g/mol. The molecule has 0 fully saturated rings. The third kappa shape index (κ3) is 3.32. The molecule has 1 heterocycles. The molecule has 2 rings (SSSR count). The van der Waals surface area contributed by atoms with Gasteiger partial charge in [0, 0.05) is 11.3 Å². The molecule has 0 aliphatic carbocycles. The van der Waals surface area contributed by atoms with Gasteiger partial charge in [-0.25, -0.2) is 4.98 Å². The van der Waals surface area contributed by atoms with E-state index in [0.29, 0.717) is 23.8 Å². The molecule has 0 aliphatic rings. The molecular formula is C14H16N2O2S. The van der Waals surface area contributed by atoms with Crippen LogP contribution in [0, 0.1) is 0 Å². The maximum atomic E-state index is 11.3. The number of nitrogens with two attached hydrogens (primary N) is 1. The summed E-state index contributed by atoms with van der Waals surface area (Å²) in [5, 5.41) is 3.06. The monoisotopic (exact) mass is 276 g/mol. The van der Waals surface area contributed by atoms with Crippen LogP contribution in [-0.4, -0.2) is 10.9 Å². The number of para-hydroxylation sites is 1. The minimum atomic E-state index is -0.489. The molecule has 1 amide bonds. The highest BCUT2D eigenvalue weighted by molar-refractivity contribution is 7.09. The van der Waals surface area contributed by atoms with E-state index in [9.17, 15) is 4.79 Å². The van der Waals surface area contributed by atoms with Crippen LogP contribution < -0.4 is 10.5 Å². The molecule has 1 aromatic carbocycles. The summed E-state index contributed by atoms with van der Waals surface area (Å²) in [6.07, 6.45) is 0. The summed E-state index contributed by atoms with van der Waals surface area (Å²) in [4.78, 5) is 15.7. The summed E-state index contributed by atoms with van der Waals surface area (Å²) in [5.74, 6) is 0.419. The average Bonchev–Trinajstić information content (AvgIpc) is 2.85. The largest absolute Gasteiger partial charge is 0.486 e. The van der Waals surface area contributed by atoms with Gasteiger partial charge in [0.05, 0.1) is 16.3 Å². The molecule has 0 spiro atoms. The van der Waals surface area contributed by atoms with Crippen molar-refractivity contribution in [2.75, 3.05) is 0 Å². The third-order valence-corrected chi connectivity index (χ3v) is 3.79. The molecule has 0 saturated carbocycles. The van der Waals surface area contributed by atoms with Crippen molar-refractivity contribution in [3.8, 4) is 5.75 Å². The van der Waals surface area contributed by atoms with Crippen molar-refractivity contribution < 1.29 is 9.53 Å². The standard InChI is InChI=1S/C14H16N2O2S/c1-9(2)14-16-10(8-19-14)7-18-12-6-4-3-5-11(12)13(15)17/h3-6,8-9H,7H2,1-2H3,(H2,15,17). The van der Waals surface area contributed by atoms with Gasteiger partial charge in [0.15, 0.2) is 0 Å². The highest BCUT2D eigenvalue weighted by atomic mass is 32.1. The predicted octanol–water partition coefficient (Wildman–Crippen LogP) is 2.94. The van der Waals surface area contributed by atoms with E-state index in [1.54, 1.807) is 29.5 Å². The van der Waals surface area contributed by atoms with Gasteiger partial charge in [-0.2, -0.15) is 0 Å². The molecule has 0 saturated heterocycles. The zero-order chi connectivity index (χ0) is 13.8. The molecule has 0 atom stereocenters. The zero-order valence-corrected chi connectivity index (χ0v) is 11.7. The maximum absolute atomic E-state index is 11.3. The number of rotatable bonds is 5. The van der Waals surface area contributed by atoms with Crippen molar-refractivity contribution in [3.05, 3.63) is 45.9 Å². The molecule has 100 valence electrons. The van der Waals surface area contributed by atoms with Crippen molar-refractivity contribution in [1.29, 1.82) is 0 Å². The van der Waals surface area contributed by atoms with Crippen molar-refractivity contribution in [2.24, 2.45) is 5.73 Å². The summed E-state index contributed by atoms with van der Waals surface area (Å²) < 4.78 is 5.62. The van der Waals surface area contributed by atoms with Gasteiger partial charge in [0.1, 0.15) is 12.4 Å². The van der Waals surface area contributed by atoms with Gasteiger partial charge in [-0.3, -0.25) is 4.79 Å². The summed E-state index contributed by atoms with van der Waals surface area (Å²) >= 11 is 1.62. The lowest BCUT2D eigenvalue weighted by Gasteiger charge is -2.07. The van der Waals surface area contributed by atoms with Crippen molar-refractivity contribution in [3.63, 3.8) is 0 Å². The first kappa shape index (κ1) is 13.5. The van der Waals surface area contributed by atoms with Crippen molar-refractivity contribution in [1.82, 2.24) is 4.98 Å². The number of carbonyl (C=O) groups excluding carboxylic acids is 1. The van der Waals surface area contributed by atoms with Gasteiger partial charge >= 0.3 is 0 Å². The Balaban J connectivity index is 2.08. The van der Waals surface area contributed by atoms with E-state index in [0.717, 1.165) is 10.7 Å². The van der Waals surface area contributed by atoms with Crippen molar-refractivity contribution >= 4 is 17.2 Å². The number of benzene rings is 1. The fourth-order valence-electron chi connectivity index (χ4n) is 1.60. The molecule has 0 unspecified atom stereocenters. The van der Waals surface area contributed by atoms with Gasteiger partial charge in [-0.15, -0.1) is 11.3 Å². The van der Waals surface area contributed by atoms with Crippen LogP contribution in [0.5, 0.6) is 5.75 Å². The SMILES string of the molecule is CC(C)c1nc(COc2ccccc2C(N)=O)cs1. The maximum Gasteiger partial charge on any atom is 0.252 e. The first-order valence-electron chi connectivity index (χ1n) is 6.04. The lowest BCUT2D eigenvalue weighted by atomic mass is 10.2. The van der Waals surface area contributed by atoms with Crippen molar-refractivity contribution in [2.45, 2.75) is 26.4 Å². The molecule has 0 radical (unpaired) electrons. The number of hydrogen-bond acceptors (Lipinski definition) is 4. The van der Waals surface area contributed by atoms with Crippen LogP contribution in [0.4, 0.5) is 0 Å². The lowest BCUT2D eigenvalue weighted by molar-refractivity contribution is 0.0996. The summed E-state index contributed by atoms with van der Waals surface area (Å²) in [6.45, 7) is 4.55. The summed E-state index contributed by atoms with van der Waals surface area (Å²) in [6, 6.07) is 6.95. The number of aromatic nitrogens is 1. The lowest BCUT2D eigenvalue weighted by Crippen LogP contribution is -2.12. The van der Waals surface area contributed by atoms with E-state index in [1.165, 1.54) is 0 Å². The third-order valence-electron chi connectivity index (χ3n) is 2.59. The van der Waals surface area contributed by atoms with Crippen LogP contribution in [0.3, 0.4) is 0 Å². The molecule has 2 aromatic rings. The Bertz CT molecular complexity index is 578. The molecule has 0 aliphatic heterocycles. The van der Waals surface area contributed by atoms with Crippen LogP contribution in [0.25, 0.3) is 0 Å². The van der Waals surface area contributed by atoms with Gasteiger partial charge in [-0.05, 0) is 12.1 Å². The van der Waals surface area contributed by atoms with Gasteiger partial charge < -0.3 is 10.5 Å². The van der Waals surface area contributed by atoms with E-state index < -0.39 is 5.91 Å². The smallest absolute Gasteiger partial charge is 0.252 e. The average molecular weight is 276 g/mol. The minimum Gasteiger partial charge on any atom is -0.486 e. The second-order valence-corrected chi connectivity index (χ2v) is 5.37. The molecule has 4 nitrogen and oxygen atoms in total. The fraction of sp³-hybridized carbons (Fsp3) is 0.286. The molecule has 19 heavy (non-hydrogen) atoms. The Morgan fingerprint density at radius 3 is 2.79 bits per heavy atom. The topological polar surface area (TPSA) is 65.2 Å². The van der Waals surface area contributed by atoms with Crippen LogP contribution in [0.2, 0.25) is 0 Å². The Hall–Kier alpha value is -1.88. The first-order chi connectivity index (χ1) is 9.08. The van der Waals surface area contributed by atoms with E-state index in [2.05, 4.69) is 18.8 Å². The predicted molar refractivity (Wildman–Crippen MR) is 75.5 cm³/mol. The number of hydrogen-bond donors (Lipinski definition) is 1. The number of amides is 1. The fourth-order valence-corrected chi connectivity index (χ4v) is 2.42. The number of nitrogens with zero attached hydrogens (tertiary/aromatic N) is 1. The second kappa shape index (κ2) is 5.84. The summed E-state index contributed by atoms with van der Waals surface area (Å²) in [5.41, 5.74) is 6.55. The van der Waals surface area contributed by atoms with Crippen LogP contribution in [0.15, 0.2) is 29.6 Å². The Kier molecular flexibility index (Phi) is 4.16. The summed E-state index contributed by atoms with van der Waals surface area (Å²) in [7, 11) is 0. The van der Waals surface area contributed by atoms with Crippen LogP contribution in [-0.2, 0) is 6.61 Å². The van der Waals surface area contributed by atoms with E-state index in [4.69, 9.17) is 10.5 Å². The Morgan fingerprint density at radius 1 is 1.42 bits per heavy atom. The van der Waals surface area contributed by atoms with Gasteiger partial charge in [0.2, 0.25) is 0 Å². The molecule has 0 bridgehead atoms. The number of thiazole rings is 1. The van der Waals surface area contributed by atoms with Gasteiger partial charge in [0.25, 0.3) is 5.91 Å². The molecule has 1 aromatic heterocycles. The molecule has 2 N–H and O–H groups in total. The second-order valence-electron chi connectivity index (χ2n) is 4.48. The first-order valence-corrected chi connectivity index (χ1v) is 6.92. The Labute approximate surface area is 116 Å². The van der Waals surface area contributed by atoms with Gasteiger partial charge in [-0.1, -0.05) is 26.0 Å². The highest BCUT2D eigenvalue weighted by Gasteiger charge is 2.10. The van der Waals surface area contributed by atoms with Crippen LogP contribution in [0.1, 0.15) is 40.8 Å². The minimum absolute atomic E-state index is 0.341. The number of carbonyl (C=O) groups is 1. The number of primary amides is 1. The molecule has 5 heteroatoms. The van der Waals surface area contributed by atoms with E-state index in [-0.39, 0.29) is 0 Å². The van der Waals surface area contributed by atoms with E-state index >= 15 is 0 Å². The zero-order valence-electron chi connectivity index (χ0n) is 10.9. The number of ether oxygens (including phenoxy) is 1. The quantitative estimate of drug-likeness (QED) is 0.913. The highest BCUT2D eigenvalue weighted by Crippen LogP contribution is 2.22. The van der Waals surface area contributed by atoms with E-state index in [1.807, 2.05) is 11.4 Å². The Morgan fingerprint density at radius 2 is 2.16 bits per heavy atom. The normalized spacial score (nSPS) is 10.7.